The van der Waals surface area contributed by atoms with Gasteiger partial charge >= 0.3 is 11.4 Å². The highest BCUT2D eigenvalue weighted by Crippen LogP contribution is 2.55. The smallest absolute Gasteiger partial charge is 0.351 e. The van der Waals surface area contributed by atoms with Gasteiger partial charge in [-0.25, -0.2) is 23.5 Å². The lowest BCUT2D eigenvalue weighted by Gasteiger charge is -2.24. The number of rotatable bonds is 1. The lowest BCUT2D eigenvalue weighted by atomic mass is 10.1. The van der Waals surface area contributed by atoms with Crippen LogP contribution in [-0.4, -0.2) is 20.0 Å². The molecule has 5 rings (SSSR count). The van der Waals surface area contributed by atoms with Crippen LogP contribution >= 0.6 is 0 Å². The second kappa shape index (κ2) is 3.32. The van der Waals surface area contributed by atoms with E-state index < -0.39 is 0 Å². The molecule has 0 spiro atoms. The van der Waals surface area contributed by atoms with Gasteiger partial charge in [0, 0.05) is 5.92 Å². The van der Waals surface area contributed by atoms with Gasteiger partial charge < -0.3 is 4.74 Å². The molecule has 2 aliphatic heterocycles. The first-order valence-electron chi connectivity index (χ1n) is 6.94. The van der Waals surface area contributed by atoms with Gasteiger partial charge in [-0.1, -0.05) is 18.2 Å². The van der Waals surface area contributed by atoms with Gasteiger partial charge in [0.15, 0.2) is 6.23 Å². The summed E-state index contributed by atoms with van der Waals surface area (Å²) in [6.07, 6.45) is 1.89. The van der Waals surface area contributed by atoms with Gasteiger partial charge in [0.1, 0.15) is 0 Å². The number of ether oxygens (including phenoxy) is 1. The van der Waals surface area contributed by atoms with E-state index in [9.17, 15) is 9.59 Å². The molecule has 4 bridgehead atoms. The van der Waals surface area contributed by atoms with Gasteiger partial charge in [-0.05, 0) is 25.0 Å². The van der Waals surface area contributed by atoms with Gasteiger partial charge in [0.2, 0.25) is 0 Å². The van der Waals surface area contributed by atoms with Gasteiger partial charge in [0.25, 0.3) is 0 Å². The Kier molecular flexibility index (Phi) is 1.77. The highest BCUT2D eigenvalue weighted by atomic mass is 16.5. The molecule has 2 aromatic rings. The van der Waals surface area contributed by atoms with Crippen LogP contribution in [0.3, 0.4) is 0 Å². The van der Waals surface area contributed by atoms with E-state index in [0.29, 0.717) is 11.6 Å². The lowest BCUT2D eigenvalue weighted by Crippen LogP contribution is -2.35. The quantitative estimate of drug-likeness (QED) is 0.765. The molecule has 0 radical (unpaired) electrons. The fourth-order valence-electron chi connectivity index (χ4n) is 4.06. The van der Waals surface area contributed by atoms with Gasteiger partial charge in [-0.2, -0.15) is 0 Å². The number of para-hydroxylation sites is 1. The van der Waals surface area contributed by atoms with E-state index in [1.165, 1.54) is 9.25 Å². The molecule has 0 N–H and O–H groups in total. The Hall–Kier alpha value is -2.08. The molecular formula is C14H13N3O3. The molecule has 0 amide bonds. The van der Waals surface area contributed by atoms with E-state index in [2.05, 4.69) is 0 Å². The molecule has 1 saturated carbocycles. The second-order valence-electron chi connectivity index (χ2n) is 5.72. The van der Waals surface area contributed by atoms with Crippen LogP contribution in [-0.2, 0) is 4.74 Å². The Morgan fingerprint density at radius 3 is 2.55 bits per heavy atom. The van der Waals surface area contributed by atoms with Crippen LogP contribution in [0.25, 0.3) is 5.69 Å². The second-order valence-corrected chi connectivity index (χ2v) is 5.72. The van der Waals surface area contributed by atoms with Crippen LogP contribution in [0.4, 0.5) is 0 Å². The highest BCUT2D eigenvalue weighted by Gasteiger charge is 2.59. The van der Waals surface area contributed by atoms with Crippen molar-refractivity contribution < 1.29 is 4.74 Å². The zero-order valence-corrected chi connectivity index (χ0v) is 10.7. The van der Waals surface area contributed by atoms with Crippen LogP contribution < -0.4 is 11.4 Å². The first-order valence-corrected chi connectivity index (χ1v) is 6.94. The number of benzene rings is 1. The molecule has 6 nitrogen and oxygen atoms in total. The minimum Gasteiger partial charge on any atom is -0.351 e. The van der Waals surface area contributed by atoms with Gasteiger partial charge in [-0.3, -0.25) is 0 Å². The Morgan fingerprint density at radius 2 is 1.75 bits per heavy atom. The van der Waals surface area contributed by atoms with Gasteiger partial charge in [0.05, 0.1) is 17.8 Å². The summed E-state index contributed by atoms with van der Waals surface area (Å²) in [6, 6.07) is 9.10. The van der Waals surface area contributed by atoms with E-state index in [-0.39, 0.29) is 29.8 Å². The minimum atomic E-state index is -0.293. The molecule has 1 saturated heterocycles. The van der Waals surface area contributed by atoms with E-state index in [1.54, 1.807) is 16.8 Å². The van der Waals surface area contributed by atoms with E-state index in [0.717, 1.165) is 12.8 Å². The summed E-state index contributed by atoms with van der Waals surface area (Å²) in [5.41, 5.74) is 0.0802. The lowest BCUT2D eigenvalue weighted by molar-refractivity contribution is -0.0717. The van der Waals surface area contributed by atoms with Crippen molar-refractivity contribution in [3.8, 4) is 5.69 Å². The average Bonchev–Trinajstić information content (AvgIpc) is 3.17. The molecule has 102 valence electrons. The molecule has 1 aromatic carbocycles. The van der Waals surface area contributed by atoms with E-state index in [1.807, 2.05) is 18.2 Å². The van der Waals surface area contributed by atoms with E-state index in [4.69, 9.17) is 4.74 Å². The molecule has 20 heavy (non-hydrogen) atoms. The van der Waals surface area contributed by atoms with Crippen molar-refractivity contribution in [3.63, 3.8) is 0 Å². The molecule has 2 fully saturated rings. The Labute approximate surface area is 113 Å². The van der Waals surface area contributed by atoms with Crippen molar-refractivity contribution in [2.24, 2.45) is 5.92 Å². The van der Waals surface area contributed by atoms with Crippen molar-refractivity contribution in [2.45, 2.75) is 31.2 Å². The van der Waals surface area contributed by atoms with E-state index >= 15 is 0 Å². The monoisotopic (exact) mass is 271 g/mol. The van der Waals surface area contributed by atoms with Crippen LogP contribution in [0.2, 0.25) is 0 Å². The average molecular weight is 271 g/mol. The third-order valence-corrected chi connectivity index (χ3v) is 4.83. The largest absolute Gasteiger partial charge is 0.354 e. The number of hydrogen-bond acceptors (Lipinski definition) is 3. The predicted molar refractivity (Wildman–Crippen MR) is 70.0 cm³/mol. The summed E-state index contributed by atoms with van der Waals surface area (Å²) < 4.78 is 10.2. The molecule has 3 aliphatic rings. The maximum absolute atomic E-state index is 12.6. The summed E-state index contributed by atoms with van der Waals surface area (Å²) in [6.45, 7) is 0. The Balaban J connectivity index is 1.81. The van der Waals surface area contributed by atoms with Gasteiger partial charge in [-0.15, -0.1) is 0 Å². The number of nitrogens with zero attached hydrogens (tertiary/aromatic N) is 3. The topological polar surface area (TPSA) is 58.2 Å². The summed E-state index contributed by atoms with van der Waals surface area (Å²) in [5.74, 6) is 0.297. The maximum atomic E-state index is 12.6. The predicted octanol–water partition coefficient (Wildman–Crippen LogP) is 0.663. The molecule has 1 aliphatic carbocycles. The summed E-state index contributed by atoms with van der Waals surface area (Å²) >= 11 is 0. The fourth-order valence-corrected chi connectivity index (χ4v) is 4.06. The van der Waals surface area contributed by atoms with Crippen LogP contribution in [0.1, 0.15) is 25.1 Å². The molecule has 4 atom stereocenters. The summed E-state index contributed by atoms with van der Waals surface area (Å²) in [4.78, 5) is 25.2. The zero-order valence-electron chi connectivity index (χ0n) is 10.7. The third kappa shape index (κ3) is 1.02. The fraction of sp³-hybridized carbons (Fsp3) is 0.429. The third-order valence-electron chi connectivity index (χ3n) is 4.83. The molecule has 3 heterocycles. The molecule has 4 unspecified atom stereocenters. The zero-order chi connectivity index (χ0) is 13.4. The van der Waals surface area contributed by atoms with Crippen LogP contribution in [0.5, 0.6) is 0 Å². The van der Waals surface area contributed by atoms with Crippen molar-refractivity contribution in [1.82, 2.24) is 13.9 Å². The first-order chi connectivity index (χ1) is 9.77. The summed E-state index contributed by atoms with van der Waals surface area (Å²) in [7, 11) is 0. The molecule has 1 aromatic heterocycles. The van der Waals surface area contributed by atoms with Crippen molar-refractivity contribution in [1.29, 1.82) is 0 Å². The molecular weight excluding hydrogens is 258 g/mol. The number of hydrogen-bond donors (Lipinski definition) is 0. The first kappa shape index (κ1) is 10.7. The highest BCUT2D eigenvalue weighted by molar-refractivity contribution is 5.31. The Bertz CT molecular complexity index is 816. The number of aromatic nitrogens is 3. The normalized spacial score (nSPS) is 32.8. The van der Waals surface area contributed by atoms with Crippen molar-refractivity contribution in [2.75, 3.05) is 0 Å². The summed E-state index contributed by atoms with van der Waals surface area (Å²) in [5, 5.41) is 0. The Morgan fingerprint density at radius 1 is 1.00 bits per heavy atom. The van der Waals surface area contributed by atoms with Crippen LogP contribution in [0.15, 0.2) is 39.9 Å². The number of fused-ring (bicyclic) bond motifs is 2. The van der Waals surface area contributed by atoms with Crippen molar-refractivity contribution >= 4 is 0 Å². The van der Waals surface area contributed by atoms with Crippen molar-refractivity contribution in [3.05, 3.63) is 51.3 Å². The van der Waals surface area contributed by atoms with Crippen LogP contribution in [0, 0.1) is 5.92 Å². The minimum absolute atomic E-state index is 0.0464. The SMILES string of the molecule is O=c1n(-c2ccccc2)c(=O)n2n1C1OC3CCC1C32. The molecule has 6 heteroatoms. The maximum Gasteiger partial charge on any atom is 0.354 e. The standard InChI is InChI=1S/C14H13N3O3/c18-13-15(8-4-2-1-3-5-8)14(19)17-12-9-6-7-10(20-12)11(9)16(13)17/h1-5,9-12H,6-7H2.